The minimum Gasteiger partial charge on any atom is -0.455 e. The molecule has 0 saturated carbocycles. The van der Waals surface area contributed by atoms with Gasteiger partial charge in [-0.3, -0.25) is 9.59 Å². The van der Waals surface area contributed by atoms with Crippen LogP contribution in [-0.2, 0) is 34.1 Å². The number of nitrogens with one attached hydrogen (secondary N) is 1. The molecule has 0 spiro atoms. The summed E-state index contributed by atoms with van der Waals surface area (Å²) in [7, 11) is 0. The van der Waals surface area contributed by atoms with E-state index in [-0.39, 0.29) is 6.61 Å². The SMILES string of the molecule is CCCCCCCCCCCCCCCCCCCCCC[C@@H](OC(C)=O)C(=O)N[C@@H](COC(c1ccccc1)(c1ccccc1)c1ccccc1)[C@H](OC(=O)c1ccccc1)[C@@H](CCCCCCC)OC(=O)c1ccccc1. The summed E-state index contributed by atoms with van der Waals surface area (Å²) in [6, 6.07) is 46.0. The molecule has 1 N–H and O–H groups in total. The van der Waals surface area contributed by atoms with Gasteiger partial charge in [-0.25, -0.2) is 9.59 Å². The van der Waals surface area contributed by atoms with Crippen molar-refractivity contribution < 1.29 is 38.1 Å². The molecule has 4 atom stereocenters. The highest BCUT2D eigenvalue weighted by Crippen LogP contribution is 2.41. The van der Waals surface area contributed by atoms with Crippen LogP contribution in [0.4, 0.5) is 0 Å². The molecule has 5 rings (SSSR count). The van der Waals surface area contributed by atoms with Crippen LogP contribution in [0.1, 0.15) is 232 Å². The smallest absolute Gasteiger partial charge is 0.338 e. The number of ether oxygens (including phenoxy) is 4. The van der Waals surface area contributed by atoms with Gasteiger partial charge in [-0.15, -0.1) is 0 Å². The first-order valence-electron chi connectivity index (χ1n) is 30.6. The monoisotopic (exact) mass is 1080 g/mol. The molecule has 0 fully saturated rings. The lowest BCUT2D eigenvalue weighted by atomic mass is 9.80. The molecule has 5 aromatic rings. The first kappa shape index (κ1) is 63.8. The first-order chi connectivity index (χ1) is 38.8. The van der Waals surface area contributed by atoms with Gasteiger partial charge < -0.3 is 24.3 Å². The quantitative estimate of drug-likeness (QED) is 0.0178. The second-order valence-corrected chi connectivity index (χ2v) is 21.6. The standard InChI is InChI=1S/C70H95NO8/c1-4-6-8-10-11-12-13-14-15-16-17-18-19-20-21-22-23-24-26-43-55-65(77-57(3)72)67(73)71-63(56-76-70(60-48-36-29-37-49-60,61-50-38-30-39-51-61)62-52-40-31-41-53-62)66(79-69(75)59-46-34-28-35-47-59)64(54-42-25-9-7-5-2)78-68(74)58-44-32-27-33-45-58/h27-41,44-53,63-66H,4-26,42-43,54-56H2,1-3H3,(H,71,73)/t63-,64+,65+,66-/m0/s1. The summed E-state index contributed by atoms with van der Waals surface area (Å²) in [4.78, 5) is 56.5. The Bertz CT molecular complexity index is 2280. The third kappa shape index (κ3) is 23.3. The van der Waals surface area contributed by atoms with Gasteiger partial charge >= 0.3 is 17.9 Å². The Kier molecular flexibility index (Phi) is 31.1. The van der Waals surface area contributed by atoms with Crippen molar-refractivity contribution in [1.29, 1.82) is 0 Å². The highest BCUT2D eigenvalue weighted by atomic mass is 16.6. The molecule has 5 aromatic carbocycles. The molecule has 79 heavy (non-hydrogen) atoms. The van der Waals surface area contributed by atoms with E-state index in [9.17, 15) is 14.4 Å². The van der Waals surface area contributed by atoms with Crippen molar-refractivity contribution in [3.8, 4) is 0 Å². The van der Waals surface area contributed by atoms with Crippen LogP contribution in [0.15, 0.2) is 152 Å². The Hall–Kier alpha value is -6.06. The lowest BCUT2D eigenvalue weighted by Gasteiger charge is -2.39. The highest BCUT2D eigenvalue weighted by molar-refractivity contribution is 5.90. The van der Waals surface area contributed by atoms with Gasteiger partial charge in [0.2, 0.25) is 0 Å². The maximum atomic E-state index is 15.0. The number of benzene rings is 5. The van der Waals surface area contributed by atoms with Gasteiger partial charge in [-0.1, -0.05) is 289 Å². The number of carbonyl (C=O) groups excluding carboxylic acids is 4. The fourth-order valence-electron chi connectivity index (χ4n) is 10.7. The summed E-state index contributed by atoms with van der Waals surface area (Å²) in [6.07, 6.45) is 26.9. The van der Waals surface area contributed by atoms with E-state index in [4.69, 9.17) is 18.9 Å². The van der Waals surface area contributed by atoms with E-state index in [2.05, 4.69) is 19.2 Å². The summed E-state index contributed by atoms with van der Waals surface area (Å²) < 4.78 is 26.4. The maximum absolute atomic E-state index is 15.0. The average molecular weight is 1080 g/mol. The summed E-state index contributed by atoms with van der Waals surface area (Å²) in [6.45, 7) is 5.52. The van der Waals surface area contributed by atoms with E-state index in [1.165, 1.54) is 110 Å². The Balaban J connectivity index is 1.37. The third-order valence-electron chi connectivity index (χ3n) is 15.1. The van der Waals surface area contributed by atoms with Crippen LogP contribution in [-0.4, -0.2) is 54.8 Å². The molecule has 0 saturated heterocycles. The van der Waals surface area contributed by atoms with Crippen LogP contribution >= 0.6 is 0 Å². The number of rotatable bonds is 42. The van der Waals surface area contributed by atoms with Gasteiger partial charge in [0.15, 0.2) is 12.2 Å². The van der Waals surface area contributed by atoms with E-state index in [0.29, 0.717) is 36.8 Å². The second-order valence-electron chi connectivity index (χ2n) is 21.6. The van der Waals surface area contributed by atoms with Crippen molar-refractivity contribution in [2.75, 3.05) is 6.61 Å². The highest BCUT2D eigenvalue weighted by Gasteiger charge is 2.43. The summed E-state index contributed by atoms with van der Waals surface area (Å²) in [5.41, 5.74) is 1.88. The van der Waals surface area contributed by atoms with Crippen LogP contribution < -0.4 is 5.32 Å². The van der Waals surface area contributed by atoms with Crippen LogP contribution in [0.25, 0.3) is 0 Å². The minimum absolute atomic E-state index is 0.224. The van der Waals surface area contributed by atoms with Gasteiger partial charge in [-0.05, 0) is 66.6 Å². The van der Waals surface area contributed by atoms with E-state index >= 15 is 4.79 Å². The fourth-order valence-corrected chi connectivity index (χ4v) is 10.7. The summed E-state index contributed by atoms with van der Waals surface area (Å²) in [5, 5.41) is 3.21. The van der Waals surface area contributed by atoms with Gasteiger partial charge in [0.1, 0.15) is 11.7 Å². The molecule has 0 aromatic heterocycles. The molecule has 0 bridgehead atoms. The van der Waals surface area contributed by atoms with Crippen LogP contribution in [0.5, 0.6) is 0 Å². The zero-order valence-corrected chi connectivity index (χ0v) is 48.3. The normalized spacial score (nSPS) is 12.9. The number of hydrogen-bond acceptors (Lipinski definition) is 8. The van der Waals surface area contributed by atoms with Crippen molar-refractivity contribution in [1.82, 2.24) is 5.32 Å². The zero-order chi connectivity index (χ0) is 56.0. The van der Waals surface area contributed by atoms with Crippen LogP contribution in [0.2, 0.25) is 0 Å². The Labute approximate surface area is 475 Å². The van der Waals surface area contributed by atoms with Gasteiger partial charge in [0.25, 0.3) is 5.91 Å². The predicted molar refractivity (Wildman–Crippen MR) is 320 cm³/mol. The summed E-state index contributed by atoms with van der Waals surface area (Å²) in [5.74, 6) is -2.37. The van der Waals surface area contributed by atoms with Crippen LogP contribution in [0, 0.1) is 0 Å². The van der Waals surface area contributed by atoms with E-state index < -0.39 is 53.8 Å². The lowest BCUT2D eigenvalue weighted by molar-refractivity contribution is -0.155. The Morgan fingerprint density at radius 2 is 0.734 bits per heavy atom. The van der Waals surface area contributed by atoms with Crippen molar-refractivity contribution in [2.24, 2.45) is 0 Å². The Morgan fingerprint density at radius 1 is 0.405 bits per heavy atom. The van der Waals surface area contributed by atoms with E-state index in [1.54, 1.807) is 48.5 Å². The largest absolute Gasteiger partial charge is 0.455 e. The Morgan fingerprint density at radius 3 is 1.10 bits per heavy atom. The van der Waals surface area contributed by atoms with Gasteiger partial charge in [0.05, 0.1) is 23.8 Å². The fraction of sp³-hybridized carbons (Fsp3) is 0.514. The molecule has 0 aliphatic rings. The molecule has 0 radical (unpaired) electrons. The van der Waals surface area contributed by atoms with Crippen molar-refractivity contribution >= 4 is 23.8 Å². The minimum atomic E-state index is -1.27. The molecule has 1 amide bonds. The van der Waals surface area contributed by atoms with Gasteiger partial charge in [-0.2, -0.15) is 0 Å². The average Bonchev–Trinajstić information content (AvgIpc) is 3.56. The first-order valence-corrected chi connectivity index (χ1v) is 30.6. The topological polar surface area (TPSA) is 117 Å². The maximum Gasteiger partial charge on any atom is 0.338 e. The van der Waals surface area contributed by atoms with E-state index in [0.717, 1.165) is 61.6 Å². The molecule has 0 unspecified atom stereocenters. The molecule has 0 heterocycles. The molecular formula is C70H95NO8. The third-order valence-corrected chi connectivity index (χ3v) is 15.1. The van der Waals surface area contributed by atoms with Crippen molar-refractivity contribution in [2.45, 2.75) is 224 Å². The van der Waals surface area contributed by atoms with Gasteiger partial charge in [0, 0.05) is 6.92 Å². The molecule has 0 aliphatic heterocycles. The van der Waals surface area contributed by atoms with Crippen molar-refractivity contribution in [3.63, 3.8) is 0 Å². The number of carbonyl (C=O) groups is 4. The summed E-state index contributed by atoms with van der Waals surface area (Å²) >= 11 is 0. The lowest BCUT2D eigenvalue weighted by Crippen LogP contribution is -2.57. The number of amides is 1. The molecular weight excluding hydrogens is 983 g/mol. The number of esters is 3. The predicted octanol–water partition coefficient (Wildman–Crippen LogP) is 17.4. The number of hydrogen-bond donors (Lipinski definition) is 1. The zero-order valence-electron chi connectivity index (χ0n) is 48.3. The van der Waals surface area contributed by atoms with Crippen LogP contribution in [0.3, 0.4) is 0 Å². The molecule has 428 valence electrons. The van der Waals surface area contributed by atoms with E-state index in [1.807, 2.05) is 103 Å². The molecule has 9 nitrogen and oxygen atoms in total. The molecule has 0 aliphatic carbocycles. The van der Waals surface area contributed by atoms with Crippen molar-refractivity contribution in [3.05, 3.63) is 179 Å². The number of unbranched alkanes of at least 4 members (excludes halogenated alkanes) is 23. The molecule has 9 heteroatoms. The second kappa shape index (κ2) is 38.5.